The zero-order valence-corrected chi connectivity index (χ0v) is 16.5. The Morgan fingerprint density at radius 2 is 1.79 bits per heavy atom. The van der Waals surface area contributed by atoms with Crippen molar-refractivity contribution in [3.8, 4) is 11.5 Å². The molecule has 0 unspecified atom stereocenters. The normalized spacial score (nSPS) is 18.1. The molecule has 2 amide bonds. The Hall–Kier alpha value is -2.32. The first-order chi connectivity index (χ1) is 13.5. The molecule has 2 aliphatic rings. The van der Waals surface area contributed by atoms with Gasteiger partial charge in [0.2, 0.25) is 11.8 Å². The third-order valence-electron chi connectivity index (χ3n) is 5.22. The highest BCUT2D eigenvalue weighted by atomic mass is 16.7. The van der Waals surface area contributed by atoms with Crippen LogP contribution in [0.25, 0.3) is 0 Å². The van der Waals surface area contributed by atoms with Crippen LogP contribution in [0.2, 0.25) is 0 Å². The number of benzene rings is 1. The van der Waals surface area contributed by atoms with Crippen molar-refractivity contribution in [2.45, 2.75) is 31.5 Å². The number of methoxy groups -OCH3 is 2. The molecule has 8 heteroatoms. The number of aryl methyl sites for hydroxylation is 1. The number of piperidine rings is 1. The van der Waals surface area contributed by atoms with E-state index < -0.39 is 5.79 Å². The summed E-state index contributed by atoms with van der Waals surface area (Å²) in [5, 5.41) is 2.71. The van der Waals surface area contributed by atoms with E-state index in [0.29, 0.717) is 63.5 Å². The fourth-order valence-corrected chi connectivity index (χ4v) is 3.55. The standard InChI is InChI=1S/C20H28N2O6/c1-25-16-5-3-15(13-17(16)26-2)4-6-18(23)21-14-19(24)22-9-7-20(8-10-22)27-11-12-28-20/h3,5,13H,4,6-12,14H2,1-2H3,(H,21,23). The van der Waals surface area contributed by atoms with E-state index in [1.807, 2.05) is 18.2 Å². The van der Waals surface area contributed by atoms with Crippen molar-refractivity contribution in [1.29, 1.82) is 0 Å². The molecule has 28 heavy (non-hydrogen) atoms. The first kappa shape index (κ1) is 20.4. The van der Waals surface area contributed by atoms with Crippen LogP contribution in [0.3, 0.4) is 0 Å². The van der Waals surface area contributed by atoms with Crippen LogP contribution in [0.1, 0.15) is 24.8 Å². The van der Waals surface area contributed by atoms with Gasteiger partial charge < -0.3 is 29.2 Å². The van der Waals surface area contributed by atoms with Gasteiger partial charge in [0.05, 0.1) is 34.0 Å². The second-order valence-electron chi connectivity index (χ2n) is 6.95. The molecule has 0 radical (unpaired) electrons. The summed E-state index contributed by atoms with van der Waals surface area (Å²) < 4.78 is 21.8. The molecular weight excluding hydrogens is 364 g/mol. The maximum atomic E-state index is 12.3. The van der Waals surface area contributed by atoms with Crippen molar-refractivity contribution in [3.63, 3.8) is 0 Å². The molecule has 2 fully saturated rings. The van der Waals surface area contributed by atoms with Gasteiger partial charge in [0, 0.05) is 32.4 Å². The third-order valence-corrected chi connectivity index (χ3v) is 5.22. The first-order valence-corrected chi connectivity index (χ1v) is 9.58. The Morgan fingerprint density at radius 3 is 2.43 bits per heavy atom. The van der Waals surface area contributed by atoms with E-state index in [2.05, 4.69) is 5.32 Å². The summed E-state index contributed by atoms with van der Waals surface area (Å²) in [6.07, 6.45) is 2.20. The largest absolute Gasteiger partial charge is 0.493 e. The van der Waals surface area contributed by atoms with Gasteiger partial charge in [-0.2, -0.15) is 0 Å². The summed E-state index contributed by atoms with van der Waals surface area (Å²) in [6, 6.07) is 5.57. The zero-order chi connectivity index (χ0) is 20.0. The molecule has 0 saturated carbocycles. The summed E-state index contributed by atoms with van der Waals surface area (Å²) in [7, 11) is 3.16. The van der Waals surface area contributed by atoms with Gasteiger partial charge in [0.25, 0.3) is 0 Å². The number of likely N-dealkylation sites (tertiary alicyclic amines) is 1. The number of ether oxygens (including phenoxy) is 4. The Labute approximate surface area is 165 Å². The lowest BCUT2D eigenvalue weighted by Gasteiger charge is -2.37. The van der Waals surface area contributed by atoms with Crippen molar-refractivity contribution in [2.75, 3.05) is 47.1 Å². The number of nitrogens with zero attached hydrogens (tertiary/aromatic N) is 1. The van der Waals surface area contributed by atoms with E-state index in [1.165, 1.54) is 0 Å². The number of rotatable bonds is 7. The van der Waals surface area contributed by atoms with E-state index in [4.69, 9.17) is 18.9 Å². The summed E-state index contributed by atoms with van der Waals surface area (Å²) >= 11 is 0. The minimum absolute atomic E-state index is 0.0134. The van der Waals surface area contributed by atoms with Crippen LogP contribution in [0.5, 0.6) is 11.5 Å². The Bertz CT molecular complexity index is 692. The zero-order valence-electron chi connectivity index (χ0n) is 16.5. The van der Waals surface area contributed by atoms with E-state index in [1.54, 1.807) is 19.1 Å². The Morgan fingerprint density at radius 1 is 1.11 bits per heavy atom. The topological polar surface area (TPSA) is 86.3 Å². The van der Waals surface area contributed by atoms with Gasteiger partial charge in [-0.25, -0.2) is 0 Å². The molecule has 0 atom stereocenters. The summed E-state index contributed by atoms with van der Waals surface area (Å²) in [5.74, 6) is 0.553. The highest BCUT2D eigenvalue weighted by Gasteiger charge is 2.40. The van der Waals surface area contributed by atoms with Crippen molar-refractivity contribution >= 4 is 11.8 Å². The van der Waals surface area contributed by atoms with Crippen molar-refractivity contribution in [1.82, 2.24) is 10.2 Å². The number of amides is 2. The van der Waals surface area contributed by atoms with E-state index in [-0.39, 0.29) is 18.4 Å². The molecule has 8 nitrogen and oxygen atoms in total. The molecular formula is C20H28N2O6. The second-order valence-corrected chi connectivity index (χ2v) is 6.95. The summed E-state index contributed by atoms with van der Waals surface area (Å²) in [6.45, 7) is 2.41. The van der Waals surface area contributed by atoms with Gasteiger partial charge in [-0.15, -0.1) is 0 Å². The highest BCUT2D eigenvalue weighted by Crippen LogP contribution is 2.31. The third kappa shape index (κ3) is 4.94. The minimum atomic E-state index is -0.501. The number of carbonyl (C=O) groups excluding carboxylic acids is 2. The molecule has 0 aliphatic carbocycles. The highest BCUT2D eigenvalue weighted by molar-refractivity contribution is 5.84. The Balaban J connectivity index is 1.39. The van der Waals surface area contributed by atoms with Gasteiger partial charge in [-0.3, -0.25) is 9.59 Å². The lowest BCUT2D eigenvalue weighted by atomic mass is 10.0. The molecule has 2 aliphatic heterocycles. The average Bonchev–Trinajstić information content (AvgIpc) is 3.18. The van der Waals surface area contributed by atoms with Crippen molar-refractivity contribution < 1.29 is 28.5 Å². The lowest BCUT2D eigenvalue weighted by Crippen LogP contribution is -2.49. The molecule has 0 aromatic heterocycles. The monoisotopic (exact) mass is 392 g/mol. The molecule has 2 heterocycles. The van der Waals surface area contributed by atoms with Gasteiger partial charge in [-0.1, -0.05) is 6.07 Å². The molecule has 1 spiro atoms. The van der Waals surface area contributed by atoms with Crippen LogP contribution in [0.4, 0.5) is 0 Å². The van der Waals surface area contributed by atoms with Crippen LogP contribution in [-0.4, -0.2) is 69.6 Å². The molecule has 154 valence electrons. The van der Waals surface area contributed by atoms with Crippen LogP contribution in [-0.2, 0) is 25.5 Å². The predicted octanol–water partition coefficient (Wildman–Crippen LogP) is 1.12. The van der Waals surface area contributed by atoms with Gasteiger partial charge in [0.1, 0.15) is 0 Å². The number of nitrogens with one attached hydrogen (secondary N) is 1. The quantitative estimate of drug-likeness (QED) is 0.748. The van der Waals surface area contributed by atoms with Gasteiger partial charge in [-0.05, 0) is 24.1 Å². The summed E-state index contributed by atoms with van der Waals surface area (Å²) in [4.78, 5) is 26.2. The second kappa shape index (κ2) is 9.25. The smallest absolute Gasteiger partial charge is 0.241 e. The fourth-order valence-electron chi connectivity index (χ4n) is 3.55. The van der Waals surface area contributed by atoms with Gasteiger partial charge in [0.15, 0.2) is 17.3 Å². The molecule has 1 N–H and O–H groups in total. The van der Waals surface area contributed by atoms with E-state index in [0.717, 1.165) is 5.56 Å². The maximum Gasteiger partial charge on any atom is 0.241 e. The van der Waals surface area contributed by atoms with Crippen LogP contribution < -0.4 is 14.8 Å². The first-order valence-electron chi connectivity index (χ1n) is 9.58. The van der Waals surface area contributed by atoms with Crippen molar-refractivity contribution in [3.05, 3.63) is 23.8 Å². The number of carbonyl (C=O) groups is 2. The van der Waals surface area contributed by atoms with E-state index >= 15 is 0 Å². The van der Waals surface area contributed by atoms with Crippen LogP contribution >= 0.6 is 0 Å². The number of hydrogen-bond donors (Lipinski definition) is 1. The fraction of sp³-hybridized carbons (Fsp3) is 0.600. The maximum absolute atomic E-state index is 12.3. The molecule has 0 bridgehead atoms. The van der Waals surface area contributed by atoms with Crippen LogP contribution in [0.15, 0.2) is 18.2 Å². The minimum Gasteiger partial charge on any atom is -0.493 e. The number of hydrogen-bond acceptors (Lipinski definition) is 6. The molecule has 2 saturated heterocycles. The predicted molar refractivity (Wildman–Crippen MR) is 101 cm³/mol. The van der Waals surface area contributed by atoms with Gasteiger partial charge >= 0.3 is 0 Å². The molecule has 1 aromatic carbocycles. The summed E-state index contributed by atoms with van der Waals surface area (Å²) in [5.41, 5.74) is 0.969. The van der Waals surface area contributed by atoms with Crippen LogP contribution in [0, 0.1) is 0 Å². The SMILES string of the molecule is COc1ccc(CCC(=O)NCC(=O)N2CCC3(CC2)OCCO3)cc1OC. The Kier molecular flexibility index (Phi) is 6.74. The van der Waals surface area contributed by atoms with E-state index in [9.17, 15) is 9.59 Å². The van der Waals surface area contributed by atoms with Crippen molar-refractivity contribution in [2.24, 2.45) is 0 Å². The lowest BCUT2D eigenvalue weighted by molar-refractivity contribution is -0.187. The molecule has 3 rings (SSSR count). The average molecular weight is 392 g/mol. The molecule has 1 aromatic rings.